The monoisotopic (exact) mass is 319 g/mol. The smallest absolute Gasteiger partial charge is 0.323 e. The number of hydrogen-bond acceptors (Lipinski definition) is 3. The van der Waals surface area contributed by atoms with Gasteiger partial charge < -0.3 is 14.8 Å². The first-order valence-electron chi connectivity index (χ1n) is 6.59. The van der Waals surface area contributed by atoms with E-state index in [0.717, 1.165) is 5.56 Å². The molecule has 2 aromatic carbocycles. The number of hydrogen-bond donors (Lipinski definition) is 3. The van der Waals surface area contributed by atoms with Gasteiger partial charge in [0.25, 0.3) is 11.3 Å². The average Bonchev–Trinajstić information content (AvgIpc) is 2.49. The molecule has 22 heavy (non-hydrogen) atoms. The van der Waals surface area contributed by atoms with Gasteiger partial charge in [-0.15, -0.1) is 0 Å². The maximum Gasteiger partial charge on any atom is 0.323 e. The van der Waals surface area contributed by atoms with E-state index in [1.807, 2.05) is 31.2 Å². The normalized spacial score (nSPS) is 11.5. The van der Waals surface area contributed by atoms with Gasteiger partial charge in [-0.3, -0.25) is 0 Å². The van der Waals surface area contributed by atoms with Crippen molar-refractivity contribution in [2.75, 3.05) is 17.7 Å². The van der Waals surface area contributed by atoms with Crippen molar-refractivity contribution in [2.45, 2.75) is 6.92 Å². The molecule has 0 bridgehead atoms. The summed E-state index contributed by atoms with van der Waals surface area (Å²) in [6, 6.07) is 13.8. The Balaban J connectivity index is 1.97. The fourth-order valence-electron chi connectivity index (χ4n) is 1.69. The average molecular weight is 319 g/mol. The zero-order valence-electron chi connectivity index (χ0n) is 12.3. The topological polar surface area (TPSA) is 79.5 Å². The molecular formula is C15H17N3O3S. The molecule has 0 radical (unpaired) electrons. The standard InChI is InChI=1S/C15H17N3O3S/c1-11-6-8-12(9-7-11)17-15(19)18-13-4-3-5-14(10-13)21-22(20)16-2/h3-10,16H,1-2H3,(H2,17,18,19). The number of carbonyl (C=O) groups is 1. The van der Waals surface area contributed by atoms with Gasteiger partial charge in [-0.1, -0.05) is 23.8 Å². The van der Waals surface area contributed by atoms with Crippen molar-refractivity contribution >= 4 is 28.7 Å². The van der Waals surface area contributed by atoms with Gasteiger partial charge in [0.15, 0.2) is 0 Å². The predicted octanol–water partition coefficient (Wildman–Crippen LogP) is 2.82. The Kier molecular flexibility index (Phi) is 5.51. The summed E-state index contributed by atoms with van der Waals surface area (Å²) >= 11 is -1.61. The summed E-state index contributed by atoms with van der Waals surface area (Å²) < 4.78 is 18.8. The maximum absolute atomic E-state index is 11.9. The Morgan fingerprint density at radius 3 is 2.41 bits per heavy atom. The zero-order valence-corrected chi connectivity index (χ0v) is 13.1. The minimum absolute atomic E-state index is 0.365. The number of carbonyl (C=O) groups excluding carboxylic acids is 1. The molecule has 0 saturated carbocycles. The number of urea groups is 1. The van der Waals surface area contributed by atoms with Crippen LogP contribution in [0.2, 0.25) is 0 Å². The van der Waals surface area contributed by atoms with Crippen LogP contribution in [0.4, 0.5) is 16.2 Å². The molecule has 0 aliphatic rings. The molecule has 3 N–H and O–H groups in total. The SMILES string of the molecule is CNS(=O)Oc1cccc(NC(=O)Nc2ccc(C)cc2)c1. The molecule has 0 aromatic heterocycles. The van der Waals surface area contributed by atoms with Gasteiger partial charge in [0.2, 0.25) is 0 Å². The molecule has 2 rings (SSSR count). The van der Waals surface area contributed by atoms with E-state index in [9.17, 15) is 9.00 Å². The molecule has 2 aromatic rings. The van der Waals surface area contributed by atoms with E-state index in [4.69, 9.17) is 4.18 Å². The van der Waals surface area contributed by atoms with Crippen LogP contribution in [0.3, 0.4) is 0 Å². The summed E-state index contributed by atoms with van der Waals surface area (Å²) in [5.41, 5.74) is 2.36. The summed E-state index contributed by atoms with van der Waals surface area (Å²) in [7, 11) is 1.52. The van der Waals surface area contributed by atoms with Crippen LogP contribution >= 0.6 is 0 Å². The molecular weight excluding hydrogens is 302 g/mol. The summed E-state index contributed by atoms with van der Waals surface area (Å²) in [6.07, 6.45) is 0. The molecule has 0 heterocycles. The number of nitrogens with one attached hydrogen (secondary N) is 3. The number of anilines is 2. The Morgan fingerprint density at radius 1 is 1.05 bits per heavy atom. The van der Waals surface area contributed by atoms with E-state index in [1.54, 1.807) is 24.3 Å². The van der Waals surface area contributed by atoms with Crippen LogP contribution in [-0.4, -0.2) is 17.3 Å². The molecule has 0 fully saturated rings. The molecule has 1 atom stereocenters. The zero-order chi connectivity index (χ0) is 15.9. The first-order valence-corrected chi connectivity index (χ1v) is 7.66. The molecule has 6 nitrogen and oxygen atoms in total. The van der Waals surface area contributed by atoms with Crippen LogP contribution in [0, 0.1) is 6.92 Å². The third-order valence-electron chi connectivity index (χ3n) is 2.74. The minimum atomic E-state index is -1.61. The molecule has 2 amide bonds. The highest BCUT2D eigenvalue weighted by atomic mass is 32.2. The fourth-order valence-corrected chi connectivity index (χ4v) is 2.05. The molecule has 0 aliphatic heterocycles. The number of benzene rings is 2. The first-order chi connectivity index (χ1) is 10.6. The van der Waals surface area contributed by atoms with E-state index in [-0.39, 0.29) is 6.03 Å². The van der Waals surface area contributed by atoms with Crippen molar-refractivity contribution in [2.24, 2.45) is 0 Å². The van der Waals surface area contributed by atoms with Gasteiger partial charge in [-0.2, -0.15) is 4.21 Å². The van der Waals surface area contributed by atoms with Gasteiger partial charge >= 0.3 is 6.03 Å². The van der Waals surface area contributed by atoms with Gasteiger partial charge in [0.05, 0.1) is 0 Å². The summed E-state index contributed by atoms with van der Waals surface area (Å²) in [5, 5.41) is 5.41. The van der Waals surface area contributed by atoms with E-state index in [0.29, 0.717) is 17.1 Å². The molecule has 7 heteroatoms. The maximum atomic E-state index is 11.9. The lowest BCUT2D eigenvalue weighted by Crippen LogP contribution is -2.19. The van der Waals surface area contributed by atoms with E-state index in [2.05, 4.69) is 15.4 Å². The number of aryl methyl sites for hydroxylation is 1. The van der Waals surface area contributed by atoms with Crippen LogP contribution in [-0.2, 0) is 11.3 Å². The summed E-state index contributed by atoms with van der Waals surface area (Å²) in [4.78, 5) is 11.9. The lowest BCUT2D eigenvalue weighted by atomic mass is 10.2. The number of rotatable bonds is 5. The van der Waals surface area contributed by atoms with Crippen LogP contribution in [0.15, 0.2) is 48.5 Å². The highest BCUT2D eigenvalue weighted by Gasteiger charge is 2.05. The third-order valence-corrected chi connectivity index (χ3v) is 3.42. The largest absolute Gasteiger partial charge is 0.389 e. The van der Waals surface area contributed by atoms with Crippen molar-refractivity contribution in [3.63, 3.8) is 0 Å². The molecule has 116 valence electrons. The third kappa shape index (κ3) is 4.87. The minimum Gasteiger partial charge on any atom is -0.389 e. The van der Waals surface area contributed by atoms with E-state index in [1.165, 1.54) is 7.05 Å². The van der Waals surface area contributed by atoms with Crippen LogP contribution in [0.25, 0.3) is 0 Å². The van der Waals surface area contributed by atoms with Crippen LogP contribution in [0.5, 0.6) is 5.75 Å². The Bertz CT molecular complexity index is 674. The highest BCUT2D eigenvalue weighted by molar-refractivity contribution is 7.78. The number of amides is 2. The second-order valence-corrected chi connectivity index (χ2v) is 5.54. The molecule has 0 spiro atoms. The molecule has 1 unspecified atom stereocenters. The van der Waals surface area contributed by atoms with Gasteiger partial charge in [-0.05, 0) is 38.2 Å². The Labute approximate surface area is 131 Å². The van der Waals surface area contributed by atoms with Crippen molar-refractivity contribution in [3.8, 4) is 5.75 Å². The summed E-state index contributed by atoms with van der Waals surface area (Å²) in [6.45, 7) is 1.98. The molecule has 0 saturated heterocycles. The van der Waals surface area contributed by atoms with Gasteiger partial charge in [0.1, 0.15) is 5.75 Å². The lowest BCUT2D eigenvalue weighted by molar-refractivity contribution is 0.262. The van der Waals surface area contributed by atoms with Crippen molar-refractivity contribution < 1.29 is 13.2 Å². The van der Waals surface area contributed by atoms with Gasteiger partial charge in [0, 0.05) is 17.4 Å². The van der Waals surface area contributed by atoms with Crippen molar-refractivity contribution in [1.29, 1.82) is 0 Å². The highest BCUT2D eigenvalue weighted by Crippen LogP contribution is 2.18. The Hall–Kier alpha value is -2.38. The second-order valence-electron chi connectivity index (χ2n) is 4.50. The first kappa shape index (κ1) is 16.0. The fraction of sp³-hybridized carbons (Fsp3) is 0.133. The summed E-state index contributed by atoms with van der Waals surface area (Å²) in [5.74, 6) is 0.390. The van der Waals surface area contributed by atoms with E-state index >= 15 is 0 Å². The predicted molar refractivity (Wildman–Crippen MR) is 88.1 cm³/mol. The van der Waals surface area contributed by atoms with Crippen LogP contribution in [0.1, 0.15) is 5.56 Å². The Morgan fingerprint density at radius 2 is 1.73 bits per heavy atom. The van der Waals surface area contributed by atoms with Crippen molar-refractivity contribution in [3.05, 3.63) is 54.1 Å². The van der Waals surface area contributed by atoms with Gasteiger partial charge in [-0.25, -0.2) is 9.52 Å². The second kappa shape index (κ2) is 7.58. The van der Waals surface area contributed by atoms with E-state index < -0.39 is 11.3 Å². The quantitative estimate of drug-likeness (QED) is 0.793. The van der Waals surface area contributed by atoms with Crippen LogP contribution < -0.4 is 19.5 Å². The lowest BCUT2D eigenvalue weighted by Gasteiger charge is -2.09. The van der Waals surface area contributed by atoms with Crippen molar-refractivity contribution in [1.82, 2.24) is 4.72 Å². The molecule has 0 aliphatic carbocycles.